The van der Waals surface area contributed by atoms with Crippen molar-refractivity contribution in [3.8, 4) is 5.69 Å². The molecule has 1 aliphatic rings. The average molecular weight is 258 g/mol. The van der Waals surface area contributed by atoms with Gasteiger partial charge in [0.25, 0.3) is 0 Å². The molecule has 1 aliphatic heterocycles. The molecular formula is C13H18N6. The standard InChI is InChI=1S/C13H18N6/c1-2-11(7-9-14-8-1)16-12-3-5-13(6-4-12)19-10-15-17-18-19/h3-6,10-11,14,16H,1-2,7-9H2. The van der Waals surface area contributed by atoms with Crippen LogP contribution in [-0.2, 0) is 0 Å². The summed E-state index contributed by atoms with van der Waals surface area (Å²) in [7, 11) is 0. The van der Waals surface area contributed by atoms with Gasteiger partial charge in [-0.1, -0.05) is 0 Å². The van der Waals surface area contributed by atoms with Crippen LogP contribution in [0.25, 0.3) is 5.69 Å². The average Bonchev–Trinajstić information content (AvgIpc) is 2.86. The van der Waals surface area contributed by atoms with Crippen molar-refractivity contribution in [1.29, 1.82) is 0 Å². The van der Waals surface area contributed by atoms with E-state index >= 15 is 0 Å². The lowest BCUT2D eigenvalue weighted by atomic mass is 10.1. The van der Waals surface area contributed by atoms with E-state index in [1.54, 1.807) is 11.0 Å². The Morgan fingerprint density at radius 2 is 2.05 bits per heavy atom. The number of benzene rings is 1. The molecule has 1 unspecified atom stereocenters. The van der Waals surface area contributed by atoms with E-state index in [-0.39, 0.29) is 0 Å². The highest BCUT2D eigenvalue weighted by atomic mass is 15.5. The molecule has 1 saturated heterocycles. The first-order valence-corrected chi connectivity index (χ1v) is 6.72. The second kappa shape index (κ2) is 5.79. The lowest BCUT2D eigenvalue weighted by Crippen LogP contribution is -2.21. The maximum atomic E-state index is 3.87. The molecule has 19 heavy (non-hydrogen) atoms. The Balaban J connectivity index is 1.65. The van der Waals surface area contributed by atoms with Gasteiger partial charge in [0.05, 0.1) is 5.69 Å². The third-order valence-electron chi connectivity index (χ3n) is 3.43. The molecule has 6 nitrogen and oxygen atoms in total. The van der Waals surface area contributed by atoms with Crippen LogP contribution in [0.5, 0.6) is 0 Å². The highest BCUT2D eigenvalue weighted by Crippen LogP contribution is 2.16. The van der Waals surface area contributed by atoms with Crippen molar-refractivity contribution in [3.05, 3.63) is 30.6 Å². The molecule has 3 rings (SSSR count). The molecule has 0 aliphatic carbocycles. The monoisotopic (exact) mass is 258 g/mol. The first-order chi connectivity index (χ1) is 9.42. The topological polar surface area (TPSA) is 67.7 Å². The zero-order valence-electron chi connectivity index (χ0n) is 10.8. The number of hydrogen-bond donors (Lipinski definition) is 2. The van der Waals surface area contributed by atoms with Crippen LogP contribution in [0.2, 0.25) is 0 Å². The molecule has 1 atom stereocenters. The molecule has 1 fully saturated rings. The van der Waals surface area contributed by atoms with E-state index < -0.39 is 0 Å². The summed E-state index contributed by atoms with van der Waals surface area (Å²) in [5.41, 5.74) is 2.13. The number of nitrogens with one attached hydrogen (secondary N) is 2. The Kier molecular flexibility index (Phi) is 3.69. The molecular weight excluding hydrogens is 240 g/mol. The summed E-state index contributed by atoms with van der Waals surface area (Å²) in [6.45, 7) is 2.23. The predicted molar refractivity (Wildman–Crippen MR) is 73.3 cm³/mol. The maximum Gasteiger partial charge on any atom is 0.143 e. The van der Waals surface area contributed by atoms with Crippen molar-refractivity contribution in [2.75, 3.05) is 18.4 Å². The summed E-state index contributed by atoms with van der Waals surface area (Å²) >= 11 is 0. The van der Waals surface area contributed by atoms with Gasteiger partial charge in [0.1, 0.15) is 6.33 Å². The second-order valence-corrected chi connectivity index (χ2v) is 4.82. The van der Waals surface area contributed by atoms with E-state index in [0.29, 0.717) is 6.04 Å². The van der Waals surface area contributed by atoms with Gasteiger partial charge in [-0.05, 0) is 67.0 Å². The Morgan fingerprint density at radius 1 is 1.16 bits per heavy atom. The van der Waals surface area contributed by atoms with E-state index in [9.17, 15) is 0 Å². The summed E-state index contributed by atoms with van der Waals surface area (Å²) in [6.07, 6.45) is 5.23. The Morgan fingerprint density at radius 3 is 2.84 bits per heavy atom. The smallest absolute Gasteiger partial charge is 0.143 e. The zero-order valence-corrected chi connectivity index (χ0v) is 10.8. The van der Waals surface area contributed by atoms with Gasteiger partial charge in [0, 0.05) is 11.7 Å². The lowest BCUT2D eigenvalue weighted by Gasteiger charge is -2.17. The van der Waals surface area contributed by atoms with Gasteiger partial charge in [-0.25, -0.2) is 4.68 Å². The minimum atomic E-state index is 0.564. The van der Waals surface area contributed by atoms with Crippen LogP contribution in [0.15, 0.2) is 30.6 Å². The van der Waals surface area contributed by atoms with Crippen molar-refractivity contribution in [2.24, 2.45) is 0 Å². The first kappa shape index (κ1) is 12.1. The van der Waals surface area contributed by atoms with E-state index in [0.717, 1.165) is 24.5 Å². The fourth-order valence-corrected chi connectivity index (χ4v) is 2.39. The van der Waals surface area contributed by atoms with Crippen LogP contribution in [0.3, 0.4) is 0 Å². The van der Waals surface area contributed by atoms with Gasteiger partial charge in [0.2, 0.25) is 0 Å². The number of nitrogens with zero attached hydrogens (tertiary/aromatic N) is 4. The van der Waals surface area contributed by atoms with Crippen molar-refractivity contribution in [1.82, 2.24) is 25.5 Å². The van der Waals surface area contributed by atoms with E-state index in [2.05, 4.69) is 38.3 Å². The van der Waals surface area contributed by atoms with Crippen molar-refractivity contribution < 1.29 is 0 Å². The summed E-state index contributed by atoms with van der Waals surface area (Å²) in [4.78, 5) is 0. The van der Waals surface area contributed by atoms with Crippen LogP contribution in [0.4, 0.5) is 5.69 Å². The summed E-state index contributed by atoms with van der Waals surface area (Å²) < 4.78 is 1.65. The molecule has 0 saturated carbocycles. The van der Waals surface area contributed by atoms with Crippen LogP contribution < -0.4 is 10.6 Å². The van der Waals surface area contributed by atoms with Gasteiger partial charge in [-0.2, -0.15) is 0 Å². The third kappa shape index (κ3) is 3.08. The molecule has 6 heteroatoms. The summed E-state index contributed by atoms with van der Waals surface area (Å²) in [5, 5.41) is 18.2. The van der Waals surface area contributed by atoms with Crippen molar-refractivity contribution >= 4 is 5.69 Å². The minimum absolute atomic E-state index is 0.564. The SMILES string of the molecule is c1cc(-n2cnnn2)ccc1NC1CCCNCC1. The van der Waals surface area contributed by atoms with Crippen molar-refractivity contribution in [3.63, 3.8) is 0 Å². The normalized spacial score (nSPS) is 19.9. The lowest BCUT2D eigenvalue weighted by molar-refractivity contribution is 0.637. The van der Waals surface area contributed by atoms with Gasteiger partial charge in [-0.15, -0.1) is 5.10 Å². The fourth-order valence-electron chi connectivity index (χ4n) is 2.39. The molecule has 2 N–H and O–H groups in total. The number of hydrogen-bond acceptors (Lipinski definition) is 5. The highest BCUT2D eigenvalue weighted by molar-refractivity contribution is 5.48. The number of tetrazole rings is 1. The van der Waals surface area contributed by atoms with Gasteiger partial charge in [-0.3, -0.25) is 0 Å². The van der Waals surface area contributed by atoms with Crippen LogP contribution in [0, 0.1) is 0 Å². The van der Waals surface area contributed by atoms with Crippen molar-refractivity contribution in [2.45, 2.75) is 25.3 Å². The summed E-state index contributed by atoms with van der Waals surface area (Å²) in [5.74, 6) is 0. The number of anilines is 1. The molecule has 2 heterocycles. The number of rotatable bonds is 3. The summed E-state index contributed by atoms with van der Waals surface area (Å²) in [6, 6.07) is 8.76. The molecule has 0 spiro atoms. The Hall–Kier alpha value is -1.95. The minimum Gasteiger partial charge on any atom is -0.382 e. The molecule has 0 bridgehead atoms. The van der Waals surface area contributed by atoms with Gasteiger partial charge < -0.3 is 10.6 Å². The predicted octanol–water partition coefficient (Wildman–Crippen LogP) is 1.22. The number of aromatic nitrogens is 4. The Labute approximate surface area is 112 Å². The zero-order chi connectivity index (χ0) is 12.9. The van der Waals surface area contributed by atoms with Gasteiger partial charge >= 0.3 is 0 Å². The molecule has 1 aromatic carbocycles. The first-order valence-electron chi connectivity index (χ1n) is 6.72. The maximum absolute atomic E-state index is 3.87. The van der Waals surface area contributed by atoms with E-state index in [1.165, 1.54) is 19.3 Å². The van der Waals surface area contributed by atoms with E-state index in [4.69, 9.17) is 0 Å². The molecule has 0 amide bonds. The second-order valence-electron chi connectivity index (χ2n) is 4.82. The molecule has 100 valence electrons. The van der Waals surface area contributed by atoms with Gasteiger partial charge in [0.15, 0.2) is 0 Å². The van der Waals surface area contributed by atoms with Crippen LogP contribution >= 0.6 is 0 Å². The highest BCUT2D eigenvalue weighted by Gasteiger charge is 2.11. The molecule has 0 radical (unpaired) electrons. The van der Waals surface area contributed by atoms with Crippen LogP contribution in [0.1, 0.15) is 19.3 Å². The quantitative estimate of drug-likeness (QED) is 0.866. The largest absolute Gasteiger partial charge is 0.382 e. The molecule has 1 aromatic heterocycles. The molecule has 2 aromatic rings. The van der Waals surface area contributed by atoms with E-state index in [1.807, 2.05) is 12.1 Å². The third-order valence-corrected chi connectivity index (χ3v) is 3.43. The van der Waals surface area contributed by atoms with Crippen LogP contribution in [-0.4, -0.2) is 39.3 Å². The Bertz CT molecular complexity index is 484. The fraction of sp³-hybridized carbons (Fsp3) is 0.462.